The van der Waals surface area contributed by atoms with Crippen molar-refractivity contribution in [2.24, 2.45) is 0 Å². The summed E-state index contributed by atoms with van der Waals surface area (Å²) in [5, 5.41) is 3.31. The lowest BCUT2D eigenvalue weighted by atomic mass is 10.1. The van der Waals surface area contributed by atoms with E-state index in [1.165, 1.54) is 0 Å². The largest absolute Gasteiger partial charge is 0.369 e. The van der Waals surface area contributed by atoms with Crippen LogP contribution in [-0.2, 0) is 0 Å². The van der Waals surface area contributed by atoms with Crippen LogP contribution in [0.3, 0.4) is 0 Å². The summed E-state index contributed by atoms with van der Waals surface area (Å²) in [5.41, 5.74) is 3.84. The van der Waals surface area contributed by atoms with Crippen molar-refractivity contribution in [1.29, 1.82) is 0 Å². The highest BCUT2D eigenvalue weighted by atomic mass is 127. The second-order valence-corrected chi connectivity index (χ2v) is 6.29. The van der Waals surface area contributed by atoms with E-state index < -0.39 is 0 Å². The Labute approximate surface area is 140 Å². The van der Waals surface area contributed by atoms with Crippen molar-refractivity contribution in [2.75, 3.05) is 11.9 Å². The van der Waals surface area contributed by atoms with E-state index in [1.807, 2.05) is 18.2 Å². The van der Waals surface area contributed by atoms with Crippen molar-refractivity contribution in [3.05, 3.63) is 45.6 Å². The van der Waals surface area contributed by atoms with Crippen LogP contribution in [0.15, 0.2) is 42.0 Å². The van der Waals surface area contributed by atoms with Crippen molar-refractivity contribution < 1.29 is 0 Å². The number of rotatable bonds is 4. The zero-order valence-electron chi connectivity index (χ0n) is 11.4. The molecule has 106 valence electrons. The maximum atomic E-state index is 4.74. The summed E-state index contributed by atoms with van der Waals surface area (Å²) in [5.74, 6) is 1.59. The van der Waals surface area contributed by atoms with Gasteiger partial charge < -0.3 is 5.32 Å². The average Bonchev–Trinajstić information content (AvgIpc) is 3.05. The predicted octanol–water partition coefficient (Wildman–Crippen LogP) is 4.30. The second kappa shape index (κ2) is 6.48. The Kier molecular flexibility index (Phi) is 4.45. The zero-order valence-corrected chi connectivity index (χ0v) is 14.4. The molecule has 0 unspecified atom stereocenters. The molecule has 0 saturated carbocycles. The first-order chi connectivity index (χ1) is 10.3. The molecule has 2 heterocycles. The molecule has 3 aromatic rings. The molecule has 0 aliphatic heterocycles. The van der Waals surface area contributed by atoms with E-state index in [4.69, 9.17) is 4.98 Å². The average molecular weight is 408 g/mol. The van der Waals surface area contributed by atoms with Crippen LogP contribution in [0.2, 0.25) is 0 Å². The highest BCUT2D eigenvalue weighted by molar-refractivity contribution is 14.1. The topological polar surface area (TPSA) is 50.7 Å². The number of aromatic nitrogens is 3. The van der Waals surface area contributed by atoms with Gasteiger partial charge in [-0.3, -0.25) is 4.98 Å². The van der Waals surface area contributed by atoms with E-state index in [1.54, 1.807) is 23.0 Å². The highest BCUT2D eigenvalue weighted by Crippen LogP contribution is 2.31. The molecule has 3 rings (SSSR count). The fourth-order valence-electron chi connectivity index (χ4n) is 1.96. The maximum Gasteiger partial charge on any atom is 0.173 e. The fraction of sp³-hybridized carbons (Fsp3) is 0.133. The Morgan fingerprint density at radius 3 is 2.67 bits per heavy atom. The van der Waals surface area contributed by atoms with E-state index in [2.05, 4.69) is 56.9 Å². The van der Waals surface area contributed by atoms with Gasteiger partial charge in [-0.25, -0.2) is 9.97 Å². The fourth-order valence-corrected chi connectivity index (χ4v) is 3.25. The number of thiazole rings is 1. The Morgan fingerprint density at radius 2 is 2.00 bits per heavy atom. The van der Waals surface area contributed by atoms with Gasteiger partial charge in [0.1, 0.15) is 5.82 Å². The zero-order chi connectivity index (χ0) is 14.7. The van der Waals surface area contributed by atoms with Gasteiger partial charge in [0.2, 0.25) is 0 Å². The molecule has 21 heavy (non-hydrogen) atoms. The summed E-state index contributed by atoms with van der Waals surface area (Å²) in [6.07, 6.45) is 1.80. The maximum absolute atomic E-state index is 4.74. The first-order valence-electron chi connectivity index (χ1n) is 6.55. The molecule has 0 aliphatic carbocycles. The number of hydrogen-bond acceptors (Lipinski definition) is 5. The van der Waals surface area contributed by atoms with E-state index in [0.717, 1.165) is 32.1 Å². The third kappa shape index (κ3) is 3.06. The Hall–Kier alpha value is -1.54. The summed E-state index contributed by atoms with van der Waals surface area (Å²) in [6.45, 7) is 2.89. The van der Waals surface area contributed by atoms with Crippen LogP contribution in [0, 0.1) is 3.57 Å². The minimum Gasteiger partial charge on any atom is -0.369 e. The minimum atomic E-state index is 0.715. The molecule has 1 aromatic carbocycles. The molecule has 6 heteroatoms. The molecule has 0 spiro atoms. The molecule has 2 aromatic heterocycles. The van der Waals surface area contributed by atoms with Crippen molar-refractivity contribution in [2.45, 2.75) is 6.92 Å². The molecular formula is C15H13IN4S. The number of hydrogen-bond donors (Lipinski definition) is 1. The van der Waals surface area contributed by atoms with Crippen LogP contribution < -0.4 is 5.32 Å². The molecule has 0 bridgehead atoms. The smallest absolute Gasteiger partial charge is 0.173 e. The summed E-state index contributed by atoms with van der Waals surface area (Å²) in [4.78, 5) is 14.5. The molecule has 0 atom stereocenters. The standard InChI is InChI=1S/C15H13IN4S/c1-2-18-15-12(16)13(10-6-4-3-5-7-10)19-14(20-15)11-8-17-9-21-11/h3-9H,2H2,1H3,(H,18,19,20). The normalized spacial score (nSPS) is 10.6. The van der Waals surface area contributed by atoms with Gasteiger partial charge in [0, 0.05) is 18.3 Å². The first kappa shape index (κ1) is 14.4. The monoisotopic (exact) mass is 408 g/mol. The Balaban J connectivity index is 2.18. The molecule has 0 fully saturated rings. The van der Waals surface area contributed by atoms with Gasteiger partial charge in [0.25, 0.3) is 0 Å². The highest BCUT2D eigenvalue weighted by Gasteiger charge is 2.15. The number of halogens is 1. The lowest BCUT2D eigenvalue weighted by molar-refractivity contribution is 1.11. The summed E-state index contributed by atoms with van der Waals surface area (Å²) in [7, 11) is 0. The second-order valence-electron chi connectivity index (χ2n) is 4.32. The van der Waals surface area contributed by atoms with Crippen molar-refractivity contribution in [3.8, 4) is 22.0 Å². The van der Waals surface area contributed by atoms with Crippen molar-refractivity contribution in [3.63, 3.8) is 0 Å². The molecule has 0 amide bonds. The van der Waals surface area contributed by atoms with Crippen LogP contribution in [0.25, 0.3) is 22.0 Å². The summed E-state index contributed by atoms with van der Waals surface area (Å²) < 4.78 is 1.04. The van der Waals surface area contributed by atoms with E-state index in [-0.39, 0.29) is 0 Å². The molecule has 0 aliphatic rings. The van der Waals surface area contributed by atoms with Gasteiger partial charge in [0.05, 0.1) is 19.7 Å². The molecular weight excluding hydrogens is 395 g/mol. The van der Waals surface area contributed by atoms with Crippen LogP contribution in [0.5, 0.6) is 0 Å². The summed E-state index contributed by atoms with van der Waals surface area (Å²) >= 11 is 3.85. The van der Waals surface area contributed by atoms with Gasteiger partial charge in [-0.05, 0) is 29.5 Å². The van der Waals surface area contributed by atoms with E-state index in [0.29, 0.717) is 5.82 Å². The Bertz CT molecular complexity index is 729. The van der Waals surface area contributed by atoms with E-state index in [9.17, 15) is 0 Å². The van der Waals surface area contributed by atoms with Gasteiger partial charge >= 0.3 is 0 Å². The van der Waals surface area contributed by atoms with Gasteiger partial charge in [-0.15, -0.1) is 11.3 Å². The third-order valence-electron chi connectivity index (χ3n) is 2.90. The van der Waals surface area contributed by atoms with Crippen LogP contribution in [0.1, 0.15) is 6.92 Å². The molecule has 1 N–H and O–H groups in total. The lowest BCUT2D eigenvalue weighted by Crippen LogP contribution is -2.06. The number of anilines is 1. The SMILES string of the molecule is CCNc1nc(-c2cncs2)nc(-c2ccccc2)c1I. The van der Waals surface area contributed by atoms with E-state index >= 15 is 0 Å². The molecule has 0 radical (unpaired) electrons. The van der Waals surface area contributed by atoms with Crippen LogP contribution in [-0.4, -0.2) is 21.5 Å². The number of nitrogens with zero attached hydrogens (tertiary/aromatic N) is 3. The van der Waals surface area contributed by atoms with Crippen molar-refractivity contribution >= 4 is 39.7 Å². The van der Waals surface area contributed by atoms with Gasteiger partial charge in [-0.2, -0.15) is 0 Å². The summed E-state index contributed by atoms with van der Waals surface area (Å²) in [6, 6.07) is 10.2. The third-order valence-corrected chi connectivity index (χ3v) is 4.69. The number of nitrogens with one attached hydrogen (secondary N) is 1. The van der Waals surface area contributed by atoms with Gasteiger partial charge in [0.15, 0.2) is 5.82 Å². The first-order valence-corrected chi connectivity index (χ1v) is 8.51. The Morgan fingerprint density at radius 1 is 1.19 bits per heavy atom. The van der Waals surface area contributed by atoms with Crippen LogP contribution >= 0.6 is 33.9 Å². The molecule has 0 saturated heterocycles. The predicted molar refractivity (Wildman–Crippen MR) is 95.5 cm³/mol. The number of benzene rings is 1. The van der Waals surface area contributed by atoms with Crippen LogP contribution in [0.4, 0.5) is 5.82 Å². The quantitative estimate of drug-likeness (QED) is 0.654. The lowest BCUT2D eigenvalue weighted by Gasteiger charge is -2.11. The minimum absolute atomic E-state index is 0.715. The molecule has 4 nitrogen and oxygen atoms in total. The van der Waals surface area contributed by atoms with Gasteiger partial charge in [-0.1, -0.05) is 30.3 Å². The van der Waals surface area contributed by atoms with Crippen molar-refractivity contribution in [1.82, 2.24) is 15.0 Å².